The van der Waals surface area contributed by atoms with Gasteiger partial charge in [-0.05, 0) is 73.5 Å². The molecule has 0 aliphatic rings. The summed E-state index contributed by atoms with van der Waals surface area (Å²) >= 11 is 0. The molecule has 0 saturated heterocycles. The minimum atomic E-state index is -0.420. The van der Waals surface area contributed by atoms with Crippen molar-refractivity contribution in [2.24, 2.45) is 0 Å². The lowest BCUT2D eigenvalue weighted by Gasteiger charge is -2.21. The Hall–Kier alpha value is -3.54. The van der Waals surface area contributed by atoms with Gasteiger partial charge in [0, 0.05) is 24.3 Å². The minimum absolute atomic E-state index is 0.277. The molecular weight excluding hydrogens is 390 g/mol. The number of amides is 2. The van der Waals surface area contributed by atoms with Gasteiger partial charge in [0.1, 0.15) is 5.75 Å². The van der Waals surface area contributed by atoms with Crippen LogP contribution in [0.3, 0.4) is 0 Å². The third kappa shape index (κ3) is 5.15. The summed E-state index contributed by atoms with van der Waals surface area (Å²) in [7, 11) is 1.63. The normalized spacial score (nSPS) is 11.6. The van der Waals surface area contributed by atoms with Crippen LogP contribution in [-0.4, -0.2) is 32.0 Å². The van der Waals surface area contributed by atoms with Crippen molar-refractivity contribution in [1.29, 1.82) is 0 Å². The lowest BCUT2D eigenvalue weighted by molar-refractivity contribution is -0.123. The Bertz CT molecular complexity index is 1060. The minimum Gasteiger partial charge on any atom is -0.497 e. The maximum atomic E-state index is 12.6. The van der Waals surface area contributed by atoms with Crippen molar-refractivity contribution >= 4 is 28.3 Å². The van der Waals surface area contributed by atoms with Crippen LogP contribution < -0.4 is 20.5 Å². The zero-order chi connectivity index (χ0) is 22.4. The Balaban J connectivity index is 1.62. The van der Waals surface area contributed by atoms with E-state index in [1.807, 2.05) is 55.5 Å². The van der Waals surface area contributed by atoms with Gasteiger partial charge in [-0.3, -0.25) is 20.4 Å². The predicted octanol–water partition coefficient (Wildman–Crippen LogP) is 4.26. The van der Waals surface area contributed by atoms with Gasteiger partial charge in [-0.1, -0.05) is 24.3 Å². The monoisotopic (exact) mass is 419 g/mol. The van der Waals surface area contributed by atoms with E-state index in [1.54, 1.807) is 19.2 Å². The SMILES string of the molecule is CCN(CC)c1ccc(C(=O)NNC(=O)[C@@H](C)c2ccc3cc(OC)ccc3c2)cc1. The number of carbonyl (C=O) groups is 2. The molecule has 0 aliphatic carbocycles. The smallest absolute Gasteiger partial charge is 0.269 e. The van der Waals surface area contributed by atoms with Gasteiger partial charge in [0.05, 0.1) is 13.0 Å². The number of methoxy groups -OCH3 is 1. The molecule has 6 nitrogen and oxygen atoms in total. The summed E-state index contributed by atoms with van der Waals surface area (Å²) in [4.78, 5) is 27.2. The first-order valence-electron chi connectivity index (χ1n) is 10.5. The van der Waals surface area contributed by atoms with Gasteiger partial charge in [0.25, 0.3) is 5.91 Å². The van der Waals surface area contributed by atoms with Gasteiger partial charge in [0.2, 0.25) is 5.91 Å². The average molecular weight is 420 g/mol. The summed E-state index contributed by atoms with van der Waals surface area (Å²) in [5.41, 5.74) is 7.47. The molecule has 31 heavy (non-hydrogen) atoms. The number of anilines is 1. The van der Waals surface area contributed by atoms with Gasteiger partial charge < -0.3 is 9.64 Å². The van der Waals surface area contributed by atoms with Gasteiger partial charge in [-0.15, -0.1) is 0 Å². The number of nitrogens with one attached hydrogen (secondary N) is 2. The van der Waals surface area contributed by atoms with E-state index in [0.29, 0.717) is 5.56 Å². The topological polar surface area (TPSA) is 70.7 Å². The first kappa shape index (κ1) is 22.2. The number of hydrogen-bond donors (Lipinski definition) is 2. The molecule has 0 unspecified atom stereocenters. The molecule has 2 N–H and O–H groups in total. The number of nitrogens with zero attached hydrogens (tertiary/aromatic N) is 1. The summed E-state index contributed by atoms with van der Waals surface area (Å²) in [5, 5.41) is 2.06. The average Bonchev–Trinajstić information content (AvgIpc) is 2.82. The molecular formula is C25H29N3O3. The van der Waals surface area contributed by atoms with Gasteiger partial charge in [-0.2, -0.15) is 0 Å². The van der Waals surface area contributed by atoms with Crippen LogP contribution in [0.15, 0.2) is 60.7 Å². The summed E-state index contributed by atoms with van der Waals surface area (Å²) in [6, 6.07) is 19.0. The van der Waals surface area contributed by atoms with Crippen molar-refractivity contribution in [3.63, 3.8) is 0 Å². The summed E-state index contributed by atoms with van der Waals surface area (Å²) in [5.74, 6) is -0.256. The fourth-order valence-electron chi connectivity index (χ4n) is 3.50. The van der Waals surface area contributed by atoms with Crippen molar-refractivity contribution in [2.75, 3.05) is 25.1 Å². The molecule has 0 heterocycles. The molecule has 0 fully saturated rings. The number of benzene rings is 3. The largest absolute Gasteiger partial charge is 0.497 e. The van der Waals surface area contributed by atoms with Crippen LogP contribution in [0, 0.1) is 0 Å². The first-order valence-corrected chi connectivity index (χ1v) is 10.5. The van der Waals surface area contributed by atoms with Crippen molar-refractivity contribution in [1.82, 2.24) is 10.9 Å². The summed E-state index contributed by atoms with van der Waals surface area (Å²) in [6.45, 7) is 7.79. The predicted molar refractivity (Wildman–Crippen MR) is 125 cm³/mol. The second-order valence-corrected chi connectivity index (χ2v) is 7.36. The Kier molecular flexibility index (Phi) is 7.13. The van der Waals surface area contributed by atoms with E-state index >= 15 is 0 Å². The molecule has 3 aromatic rings. The molecule has 0 bridgehead atoms. The molecule has 6 heteroatoms. The van der Waals surface area contributed by atoms with Crippen molar-refractivity contribution < 1.29 is 14.3 Å². The van der Waals surface area contributed by atoms with Crippen LogP contribution in [0.2, 0.25) is 0 Å². The quantitative estimate of drug-likeness (QED) is 0.562. The van der Waals surface area contributed by atoms with Gasteiger partial charge in [0.15, 0.2) is 0 Å². The van der Waals surface area contributed by atoms with E-state index in [1.165, 1.54) is 0 Å². The number of carbonyl (C=O) groups excluding carboxylic acids is 2. The molecule has 0 saturated carbocycles. The van der Waals surface area contributed by atoms with Gasteiger partial charge in [-0.25, -0.2) is 0 Å². The maximum Gasteiger partial charge on any atom is 0.269 e. The lowest BCUT2D eigenvalue weighted by atomic mass is 9.97. The Labute approximate surface area is 183 Å². The van der Waals surface area contributed by atoms with Crippen LogP contribution >= 0.6 is 0 Å². The fraction of sp³-hybridized carbons (Fsp3) is 0.280. The zero-order valence-electron chi connectivity index (χ0n) is 18.4. The number of rotatable bonds is 7. The third-order valence-electron chi connectivity index (χ3n) is 5.52. The Morgan fingerprint density at radius 1 is 0.903 bits per heavy atom. The molecule has 0 spiro atoms. The first-order chi connectivity index (χ1) is 15.0. The van der Waals surface area contributed by atoms with E-state index in [9.17, 15) is 9.59 Å². The molecule has 1 atom stereocenters. The van der Waals surface area contributed by atoms with Crippen molar-refractivity contribution in [3.8, 4) is 5.75 Å². The second-order valence-electron chi connectivity index (χ2n) is 7.36. The number of fused-ring (bicyclic) bond motifs is 1. The Morgan fingerprint density at radius 3 is 2.19 bits per heavy atom. The molecule has 3 rings (SSSR count). The molecule has 162 valence electrons. The number of hydrogen-bond acceptors (Lipinski definition) is 4. The Morgan fingerprint density at radius 2 is 1.55 bits per heavy atom. The highest BCUT2D eigenvalue weighted by atomic mass is 16.5. The molecule has 2 amide bonds. The van der Waals surface area contributed by atoms with Crippen LogP contribution in [0.25, 0.3) is 10.8 Å². The molecule has 3 aromatic carbocycles. The second kappa shape index (κ2) is 9.98. The lowest BCUT2D eigenvalue weighted by Crippen LogP contribution is -2.43. The van der Waals surface area contributed by atoms with E-state index in [4.69, 9.17) is 4.74 Å². The number of hydrazine groups is 1. The highest BCUT2D eigenvalue weighted by molar-refractivity contribution is 5.96. The summed E-state index contributed by atoms with van der Waals surface area (Å²) < 4.78 is 5.25. The molecule has 0 aliphatic heterocycles. The zero-order valence-corrected chi connectivity index (χ0v) is 18.4. The van der Waals surface area contributed by atoms with Crippen molar-refractivity contribution in [2.45, 2.75) is 26.7 Å². The van der Waals surface area contributed by atoms with E-state index in [0.717, 1.165) is 40.9 Å². The molecule has 0 radical (unpaired) electrons. The molecule has 0 aromatic heterocycles. The van der Waals surface area contributed by atoms with E-state index < -0.39 is 5.92 Å². The van der Waals surface area contributed by atoms with Crippen LogP contribution in [-0.2, 0) is 4.79 Å². The van der Waals surface area contributed by atoms with E-state index in [2.05, 4.69) is 29.6 Å². The maximum absolute atomic E-state index is 12.6. The standard InChI is InChI=1S/C25H29N3O3/c1-5-28(6-2)22-12-9-18(10-13-22)25(30)27-26-24(29)17(3)19-7-8-21-16-23(31-4)14-11-20(21)15-19/h7-17H,5-6H2,1-4H3,(H,26,29)(H,27,30)/t17-/m0/s1. The number of ether oxygens (including phenoxy) is 1. The summed E-state index contributed by atoms with van der Waals surface area (Å²) in [6.07, 6.45) is 0. The van der Waals surface area contributed by atoms with E-state index in [-0.39, 0.29) is 11.8 Å². The fourth-order valence-corrected chi connectivity index (χ4v) is 3.50. The third-order valence-corrected chi connectivity index (χ3v) is 5.52. The van der Waals surface area contributed by atoms with Crippen LogP contribution in [0.4, 0.5) is 5.69 Å². The van der Waals surface area contributed by atoms with Gasteiger partial charge >= 0.3 is 0 Å². The highest BCUT2D eigenvalue weighted by Crippen LogP contribution is 2.25. The van der Waals surface area contributed by atoms with Crippen molar-refractivity contribution in [3.05, 3.63) is 71.8 Å². The van der Waals surface area contributed by atoms with Crippen LogP contribution in [0.5, 0.6) is 5.75 Å². The van der Waals surface area contributed by atoms with Crippen LogP contribution in [0.1, 0.15) is 42.6 Å². The highest BCUT2D eigenvalue weighted by Gasteiger charge is 2.17.